The van der Waals surface area contributed by atoms with E-state index in [1.54, 1.807) is 0 Å². The zero-order valence-corrected chi connectivity index (χ0v) is 12.9. The molecule has 1 aromatic rings. The van der Waals surface area contributed by atoms with E-state index in [0.29, 0.717) is 11.1 Å². The molecule has 3 atom stereocenters. The fourth-order valence-corrected chi connectivity index (χ4v) is 3.00. The second kappa shape index (κ2) is 7.09. The van der Waals surface area contributed by atoms with Gasteiger partial charge in [0.1, 0.15) is 0 Å². The Kier molecular flexibility index (Phi) is 5.44. The molecule has 0 spiro atoms. The maximum atomic E-state index is 12.4. The molecule has 0 saturated carbocycles. The second-order valence-electron chi connectivity index (χ2n) is 5.60. The van der Waals surface area contributed by atoms with Crippen LogP contribution in [0.15, 0.2) is 24.3 Å². The van der Waals surface area contributed by atoms with Crippen molar-refractivity contribution in [1.29, 1.82) is 0 Å². The van der Waals surface area contributed by atoms with E-state index in [2.05, 4.69) is 24.5 Å². The predicted molar refractivity (Wildman–Crippen MR) is 82.8 cm³/mol. The van der Waals surface area contributed by atoms with Gasteiger partial charge in [-0.3, -0.25) is 4.79 Å². The van der Waals surface area contributed by atoms with Crippen LogP contribution in [0, 0.1) is 5.92 Å². The van der Waals surface area contributed by atoms with Crippen molar-refractivity contribution in [2.45, 2.75) is 45.2 Å². The first-order valence-electron chi connectivity index (χ1n) is 7.39. The van der Waals surface area contributed by atoms with Crippen LogP contribution >= 0.6 is 11.6 Å². The number of carbonyl (C=O) groups is 1. The minimum atomic E-state index is 0.0476. The SMILES string of the molecule is CCC(NC(=O)C1CCNC(C)C1)c1cccc(Cl)c1. The van der Waals surface area contributed by atoms with E-state index >= 15 is 0 Å². The van der Waals surface area contributed by atoms with Crippen molar-refractivity contribution < 1.29 is 4.79 Å². The van der Waals surface area contributed by atoms with E-state index in [0.717, 1.165) is 31.4 Å². The number of halogens is 1. The van der Waals surface area contributed by atoms with E-state index in [9.17, 15) is 4.79 Å². The fraction of sp³-hybridized carbons (Fsp3) is 0.562. The molecule has 1 saturated heterocycles. The number of carbonyl (C=O) groups excluding carboxylic acids is 1. The van der Waals surface area contributed by atoms with E-state index < -0.39 is 0 Å². The lowest BCUT2D eigenvalue weighted by atomic mass is 9.92. The molecular weight excluding hydrogens is 272 g/mol. The summed E-state index contributed by atoms with van der Waals surface area (Å²) in [6.45, 7) is 5.14. The number of hydrogen-bond acceptors (Lipinski definition) is 2. The monoisotopic (exact) mass is 294 g/mol. The Morgan fingerprint density at radius 3 is 3.00 bits per heavy atom. The van der Waals surface area contributed by atoms with E-state index in [-0.39, 0.29) is 17.9 Å². The van der Waals surface area contributed by atoms with Crippen LogP contribution in [0.5, 0.6) is 0 Å². The van der Waals surface area contributed by atoms with Gasteiger partial charge in [-0.2, -0.15) is 0 Å². The molecule has 1 aliphatic rings. The van der Waals surface area contributed by atoms with Crippen LogP contribution in [-0.4, -0.2) is 18.5 Å². The molecular formula is C16H23ClN2O. The molecule has 3 unspecified atom stereocenters. The minimum absolute atomic E-state index is 0.0476. The Morgan fingerprint density at radius 1 is 1.55 bits per heavy atom. The van der Waals surface area contributed by atoms with E-state index in [1.807, 2.05) is 24.3 Å². The number of amides is 1. The topological polar surface area (TPSA) is 41.1 Å². The molecule has 2 rings (SSSR count). The van der Waals surface area contributed by atoms with E-state index in [4.69, 9.17) is 11.6 Å². The Morgan fingerprint density at radius 2 is 2.35 bits per heavy atom. The molecule has 1 heterocycles. The lowest BCUT2D eigenvalue weighted by molar-refractivity contribution is -0.126. The lowest BCUT2D eigenvalue weighted by Crippen LogP contribution is -2.43. The average molecular weight is 295 g/mol. The zero-order chi connectivity index (χ0) is 14.5. The number of hydrogen-bond donors (Lipinski definition) is 2. The summed E-state index contributed by atoms with van der Waals surface area (Å²) < 4.78 is 0. The predicted octanol–water partition coefficient (Wildman–Crippen LogP) is 3.30. The van der Waals surface area contributed by atoms with Gasteiger partial charge in [-0.05, 0) is 50.4 Å². The highest BCUT2D eigenvalue weighted by Gasteiger charge is 2.26. The summed E-state index contributed by atoms with van der Waals surface area (Å²) >= 11 is 6.03. The van der Waals surface area contributed by atoms with Gasteiger partial charge in [-0.15, -0.1) is 0 Å². The average Bonchev–Trinajstić information content (AvgIpc) is 2.44. The lowest BCUT2D eigenvalue weighted by Gasteiger charge is -2.29. The molecule has 0 radical (unpaired) electrons. The van der Waals surface area contributed by atoms with Crippen LogP contribution in [0.25, 0.3) is 0 Å². The largest absolute Gasteiger partial charge is 0.349 e. The van der Waals surface area contributed by atoms with Crippen molar-refractivity contribution in [3.05, 3.63) is 34.9 Å². The molecule has 1 fully saturated rings. The first kappa shape index (κ1) is 15.3. The third-order valence-corrected chi connectivity index (χ3v) is 4.21. The van der Waals surface area contributed by atoms with Crippen LogP contribution in [0.4, 0.5) is 0 Å². The van der Waals surface area contributed by atoms with Gasteiger partial charge in [0, 0.05) is 17.0 Å². The molecule has 1 aromatic carbocycles. The van der Waals surface area contributed by atoms with Gasteiger partial charge in [0.25, 0.3) is 0 Å². The van der Waals surface area contributed by atoms with Gasteiger partial charge in [0.2, 0.25) is 5.91 Å². The van der Waals surface area contributed by atoms with Crippen LogP contribution < -0.4 is 10.6 Å². The Balaban J connectivity index is 2.00. The summed E-state index contributed by atoms with van der Waals surface area (Å²) in [5, 5.41) is 7.26. The van der Waals surface area contributed by atoms with Gasteiger partial charge in [0.15, 0.2) is 0 Å². The van der Waals surface area contributed by atoms with Crippen LogP contribution in [0.1, 0.15) is 44.7 Å². The Bertz CT molecular complexity index is 464. The first-order chi connectivity index (χ1) is 9.60. The summed E-state index contributed by atoms with van der Waals surface area (Å²) in [7, 11) is 0. The molecule has 0 aromatic heterocycles. The normalized spacial score (nSPS) is 24.1. The molecule has 0 bridgehead atoms. The molecule has 4 heteroatoms. The third kappa shape index (κ3) is 3.97. The van der Waals surface area contributed by atoms with Crippen molar-refractivity contribution in [3.8, 4) is 0 Å². The summed E-state index contributed by atoms with van der Waals surface area (Å²) in [4.78, 5) is 12.4. The van der Waals surface area contributed by atoms with Crippen molar-refractivity contribution >= 4 is 17.5 Å². The van der Waals surface area contributed by atoms with Crippen molar-refractivity contribution in [1.82, 2.24) is 10.6 Å². The summed E-state index contributed by atoms with van der Waals surface area (Å²) in [5.41, 5.74) is 1.08. The number of piperidine rings is 1. The molecule has 0 aliphatic carbocycles. The molecule has 1 aliphatic heterocycles. The first-order valence-corrected chi connectivity index (χ1v) is 7.77. The minimum Gasteiger partial charge on any atom is -0.349 e. The number of nitrogens with one attached hydrogen (secondary N) is 2. The maximum absolute atomic E-state index is 12.4. The quantitative estimate of drug-likeness (QED) is 0.894. The summed E-state index contributed by atoms with van der Waals surface area (Å²) in [6, 6.07) is 8.21. The van der Waals surface area contributed by atoms with Gasteiger partial charge in [-0.25, -0.2) is 0 Å². The van der Waals surface area contributed by atoms with Gasteiger partial charge in [-0.1, -0.05) is 30.7 Å². The third-order valence-electron chi connectivity index (χ3n) is 3.97. The molecule has 110 valence electrons. The zero-order valence-electron chi connectivity index (χ0n) is 12.2. The highest BCUT2D eigenvalue weighted by atomic mass is 35.5. The number of rotatable bonds is 4. The highest BCUT2D eigenvalue weighted by molar-refractivity contribution is 6.30. The molecule has 3 nitrogen and oxygen atoms in total. The van der Waals surface area contributed by atoms with Crippen molar-refractivity contribution in [2.24, 2.45) is 5.92 Å². The van der Waals surface area contributed by atoms with Crippen molar-refractivity contribution in [2.75, 3.05) is 6.54 Å². The van der Waals surface area contributed by atoms with Crippen molar-refractivity contribution in [3.63, 3.8) is 0 Å². The van der Waals surface area contributed by atoms with E-state index in [1.165, 1.54) is 0 Å². The highest BCUT2D eigenvalue weighted by Crippen LogP contribution is 2.22. The summed E-state index contributed by atoms with van der Waals surface area (Å²) in [5.74, 6) is 0.296. The maximum Gasteiger partial charge on any atom is 0.223 e. The molecule has 2 N–H and O–H groups in total. The van der Waals surface area contributed by atoms with Crippen LogP contribution in [0.2, 0.25) is 5.02 Å². The van der Waals surface area contributed by atoms with Gasteiger partial charge in [0.05, 0.1) is 6.04 Å². The fourth-order valence-electron chi connectivity index (χ4n) is 2.80. The van der Waals surface area contributed by atoms with Gasteiger partial charge >= 0.3 is 0 Å². The summed E-state index contributed by atoms with van der Waals surface area (Å²) in [6.07, 6.45) is 2.70. The van der Waals surface area contributed by atoms with Crippen LogP contribution in [0.3, 0.4) is 0 Å². The second-order valence-corrected chi connectivity index (χ2v) is 6.04. The molecule has 20 heavy (non-hydrogen) atoms. The Hall–Kier alpha value is -1.06. The van der Waals surface area contributed by atoms with Gasteiger partial charge < -0.3 is 10.6 Å². The molecule has 1 amide bonds. The van der Waals surface area contributed by atoms with Crippen LogP contribution in [-0.2, 0) is 4.79 Å². The smallest absolute Gasteiger partial charge is 0.223 e. The Labute approximate surface area is 126 Å². The number of benzene rings is 1. The standard InChI is InChI=1S/C16H23ClN2O/c1-3-15(12-5-4-6-14(17)10-12)19-16(20)13-7-8-18-11(2)9-13/h4-6,10-11,13,15,18H,3,7-9H2,1-2H3,(H,19,20).